The monoisotopic (exact) mass is 324 g/mol. The number of nitrogens with zero attached hydrogens (tertiary/aromatic N) is 2. The van der Waals surface area contributed by atoms with Gasteiger partial charge in [-0.25, -0.2) is 0 Å². The summed E-state index contributed by atoms with van der Waals surface area (Å²) >= 11 is 12.3. The molecule has 3 rings (SSSR count). The van der Waals surface area contributed by atoms with Crippen LogP contribution < -0.4 is 0 Å². The molecule has 1 aliphatic carbocycles. The average molecular weight is 325 g/mol. The molecule has 1 aromatic heterocycles. The molecular formula is C16H18Cl2N2O. The summed E-state index contributed by atoms with van der Waals surface area (Å²) in [7, 11) is 0. The van der Waals surface area contributed by atoms with E-state index in [1.54, 1.807) is 18.2 Å². The second-order valence-corrected chi connectivity index (χ2v) is 6.40. The molecule has 1 fully saturated rings. The number of aliphatic hydroxyl groups is 1. The Balaban J connectivity index is 1.74. The van der Waals surface area contributed by atoms with Crippen LogP contribution in [0.3, 0.4) is 0 Å². The lowest BCUT2D eigenvalue weighted by Gasteiger charge is -2.13. The van der Waals surface area contributed by atoms with Crippen LogP contribution in [-0.2, 0) is 6.42 Å². The lowest BCUT2D eigenvalue weighted by molar-refractivity contribution is 0.177. The van der Waals surface area contributed by atoms with Gasteiger partial charge < -0.3 is 5.11 Å². The molecule has 21 heavy (non-hydrogen) atoms. The van der Waals surface area contributed by atoms with E-state index in [2.05, 4.69) is 5.10 Å². The number of aliphatic hydroxyl groups excluding tert-OH is 1. The van der Waals surface area contributed by atoms with Crippen LogP contribution in [0.2, 0.25) is 10.0 Å². The first-order chi connectivity index (χ1) is 10.1. The Morgan fingerprint density at radius 1 is 1.19 bits per heavy atom. The molecule has 1 aliphatic rings. The zero-order chi connectivity index (χ0) is 14.8. The fourth-order valence-corrected chi connectivity index (χ4v) is 3.64. The second-order valence-electron chi connectivity index (χ2n) is 5.58. The quantitative estimate of drug-likeness (QED) is 0.893. The Hall–Kier alpha value is -1.03. The number of aromatic nitrogens is 2. The van der Waals surface area contributed by atoms with E-state index >= 15 is 0 Å². The van der Waals surface area contributed by atoms with Crippen molar-refractivity contribution in [2.45, 2.75) is 44.2 Å². The molecule has 2 aromatic rings. The number of benzene rings is 1. The van der Waals surface area contributed by atoms with Crippen molar-refractivity contribution in [1.82, 2.24) is 9.78 Å². The normalized spacial score (nSPS) is 17.3. The molecule has 112 valence electrons. The van der Waals surface area contributed by atoms with Crippen molar-refractivity contribution in [3.8, 4) is 0 Å². The van der Waals surface area contributed by atoms with E-state index in [1.165, 1.54) is 25.7 Å². The van der Waals surface area contributed by atoms with Gasteiger partial charge in [-0.2, -0.15) is 5.10 Å². The molecule has 3 nitrogen and oxygen atoms in total. The fraction of sp³-hybridized carbons (Fsp3) is 0.438. The molecule has 1 unspecified atom stereocenters. The molecule has 0 radical (unpaired) electrons. The van der Waals surface area contributed by atoms with Crippen molar-refractivity contribution in [2.24, 2.45) is 0 Å². The van der Waals surface area contributed by atoms with E-state index in [4.69, 9.17) is 23.2 Å². The lowest BCUT2D eigenvalue weighted by Crippen LogP contribution is -2.08. The Labute approximate surface area is 134 Å². The van der Waals surface area contributed by atoms with Crippen molar-refractivity contribution in [1.29, 1.82) is 0 Å². The maximum atomic E-state index is 10.4. The average Bonchev–Trinajstić information content (AvgIpc) is 3.08. The molecular weight excluding hydrogens is 307 g/mol. The highest BCUT2D eigenvalue weighted by atomic mass is 35.5. The predicted molar refractivity (Wildman–Crippen MR) is 84.9 cm³/mol. The zero-order valence-corrected chi connectivity index (χ0v) is 13.2. The van der Waals surface area contributed by atoms with E-state index in [9.17, 15) is 5.11 Å². The number of hydrogen-bond donors (Lipinski definition) is 1. The molecule has 1 atom stereocenters. The first kappa shape index (κ1) is 14.9. The van der Waals surface area contributed by atoms with E-state index in [-0.39, 0.29) is 0 Å². The molecule has 1 aromatic carbocycles. The summed E-state index contributed by atoms with van der Waals surface area (Å²) in [6, 6.07) is 7.73. The van der Waals surface area contributed by atoms with Gasteiger partial charge >= 0.3 is 0 Å². The van der Waals surface area contributed by atoms with Gasteiger partial charge in [0.05, 0.1) is 17.8 Å². The molecule has 0 spiro atoms. The minimum absolute atomic E-state index is 0.420. The second kappa shape index (κ2) is 6.39. The molecule has 0 saturated heterocycles. The zero-order valence-electron chi connectivity index (χ0n) is 11.7. The Bertz CT molecular complexity index is 600. The number of halogens is 2. The largest absolute Gasteiger partial charge is 0.388 e. The smallest absolute Gasteiger partial charge is 0.0875 e. The van der Waals surface area contributed by atoms with Gasteiger partial charge in [0.15, 0.2) is 0 Å². The topological polar surface area (TPSA) is 38.0 Å². The van der Waals surface area contributed by atoms with Crippen molar-refractivity contribution in [3.05, 3.63) is 51.8 Å². The highest BCUT2D eigenvalue weighted by molar-refractivity contribution is 6.36. The third kappa shape index (κ3) is 3.25. The van der Waals surface area contributed by atoms with Crippen molar-refractivity contribution >= 4 is 23.2 Å². The fourth-order valence-electron chi connectivity index (χ4n) is 2.99. The molecule has 1 N–H and O–H groups in total. The van der Waals surface area contributed by atoms with E-state index < -0.39 is 6.10 Å². The minimum Gasteiger partial charge on any atom is -0.388 e. The van der Waals surface area contributed by atoms with Crippen molar-refractivity contribution in [3.63, 3.8) is 0 Å². The van der Waals surface area contributed by atoms with Gasteiger partial charge in [-0.15, -0.1) is 0 Å². The van der Waals surface area contributed by atoms with Gasteiger partial charge in [-0.05, 0) is 31.0 Å². The molecule has 0 amide bonds. The molecule has 0 bridgehead atoms. The molecule has 5 heteroatoms. The maximum absolute atomic E-state index is 10.4. The summed E-state index contributed by atoms with van der Waals surface area (Å²) in [6.45, 7) is 0. The van der Waals surface area contributed by atoms with Crippen LogP contribution in [0.4, 0.5) is 0 Å². The van der Waals surface area contributed by atoms with Gasteiger partial charge in [-0.1, -0.05) is 42.1 Å². The van der Waals surface area contributed by atoms with Crippen LogP contribution >= 0.6 is 23.2 Å². The Morgan fingerprint density at radius 3 is 2.52 bits per heavy atom. The van der Waals surface area contributed by atoms with Gasteiger partial charge in [-0.3, -0.25) is 4.68 Å². The Morgan fingerprint density at radius 2 is 1.86 bits per heavy atom. The van der Waals surface area contributed by atoms with Gasteiger partial charge in [0.1, 0.15) is 0 Å². The molecule has 1 heterocycles. The van der Waals surface area contributed by atoms with Crippen LogP contribution in [0.25, 0.3) is 0 Å². The van der Waals surface area contributed by atoms with Gasteiger partial charge in [0, 0.05) is 28.2 Å². The first-order valence-corrected chi connectivity index (χ1v) is 8.07. The van der Waals surface area contributed by atoms with Crippen molar-refractivity contribution < 1.29 is 5.11 Å². The molecule has 0 aliphatic heterocycles. The number of hydrogen-bond acceptors (Lipinski definition) is 2. The van der Waals surface area contributed by atoms with Crippen LogP contribution in [-0.4, -0.2) is 14.9 Å². The van der Waals surface area contributed by atoms with Crippen LogP contribution in [0.15, 0.2) is 30.5 Å². The third-order valence-corrected chi connectivity index (χ3v) is 4.76. The van der Waals surface area contributed by atoms with Crippen molar-refractivity contribution in [2.75, 3.05) is 0 Å². The summed E-state index contributed by atoms with van der Waals surface area (Å²) in [5.74, 6) is 0. The van der Waals surface area contributed by atoms with E-state index in [1.807, 2.05) is 16.9 Å². The van der Waals surface area contributed by atoms with Gasteiger partial charge in [0.2, 0.25) is 0 Å². The van der Waals surface area contributed by atoms with Gasteiger partial charge in [0.25, 0.3) is 0 Å². The summed E-state index contributed by atoms with van der Waals surface area (Å²) in [4.78, 5) is 0. The summed E-state index contributed by atoms with van der Waals surface area (Å²) < 4.78 is 2.03. The van der Waals surface area contributed by atoms with Crippen LogP contribution in [0, 0.1) is 0 Å². The third-order valence-electron chi connectivity index (χ3n) is 4.10. The summed E-state index contributed by atoms with van der Waals surface area (Å²) in [5, 5.41) is 16.0. The van der Waals surface area contributed by atoms with E-state index in [0.29, 0.717) is 28.1 Å². The SMILES string of the molecule is OC(Cc1ccn(C2CCCC2)n1)c1c(Cl)cccc1Cl. The Kier molecular flexibility index (Phi) is 4.53. The first-order valence-electron chi connectivity index (χ1n) is 7.31. The highest BCUT2D eigenvalue weighted by Crippen LogP contribution is 2.32. The molecule has 1 saturated carbocycles. The summed E-state index contributed by atoms with van der Waals surface area (Å²) in [6.07, 6.45) is 6.63. The predicted octanol–water partition coefficient (Wildman–Crippen LogP) is 4.58. The van der Waals surface area contributed by atoms with Crippen LogP contribution in [0.1, 0.15) is 49.1 Å². The van der Waals surface area contributed by atoms with Crippen LogP contribution in [0.5, 0.6) is 0 Å². The van der Waals surface area contributed by atoms with E-state index in [0.717, 1.165) is 5.69 Å². The minimum atomic E-state index is -0.738. The number of rotatable bonds is 4. The lowest BCUT2D eigenvalue weighted by atomic mass is 10.0. The maximum Gasteiger partial charge on any atom is 0.0875 e. The highest BCUT2D eigenvalue weighted by Gasteiger charge is 2.20. The summed E-state index contributed by atoms with van der Waals surface area (Å²) in [5.41, 5.74) is 1.45. The standard InChI is InChI=1S/C16H18Cl2N2O/c17-13-6-3-7-14(18)16(13)15(21)10-11-8-9-20(19-11)12-4-1-2-5-12/h3,6-9,12,15,21H,1-2,4-5,10H2.